The van der Waals surface area contributed by atoms with E-state index >= 15 is 0 Å². The molecular formula is C12H16O2. The first kappa shape index (κ1) is 10.9. The van der Waals surface area contributed by atoms with E-state index in [4.69, 9.17) is 0 Å². The van der Waals surface area contributed by atoms with Gasteiger partial charge in [0, 0.05) is 16.7 Å². The molecular weight excluding hydrogens is 176 g/mol. The summed E-state index contributed by atoms with van der Waals surface area (Å²) >= 11 is 0. The molecule has 1 aliphatic carbocycles. The summed E-state index contributed by atoms with van der Waals surface area (Å²) in [5, 5.41) is 0. The molecule has 1 aliphatic rings. The lowest BCUT2D eigenvalue weighted by Gasteiger charge is -2.25. The van der Waals surface area contributed by atoms with Crippen LogP contribution in [0.2, 0.25) is 0 Å². The molecule has 0 aromatic rings. The van der Waals surface area contributed by atoms with Crippen LogP contribution in [0, 0.1) is 5.41 Å². The van der Waals surface area contributed by atoms with Gasteiger partial charge in [0.2, 0.25) is 0 Å². The van der Waals surface area contributed by atoms with E-state index in [2.05, 4.69) is 0 Å². The smallest absolute Gasteiger partial charge is 0.184 e. The number of hydrogen-bond acceptors (Lipinski definition) is 2. The zero-order valence-electron chi connectivity index (χ0n) is 9.39. The fraction of sp³-hybridized carbons (Fsp3) is 0.500. The van der Waals surface area contributed by atoms with E-state index in [-0.39, 0.29) is 17.0 Å². The normalized spacial score (nSPS) is 18.8. The molecule has 0 atom stereocenters. The van der Waals surface area contributed by atoms with Crippen molar-refractivity contribution in [1.82, 2.24) is 0 Å². The third kappa shape index (κ3) is 1.69. The van der Waals surface area contributed by atoms with Gasteiger partial charge in [-0.2, -0.15) is 0 Å². The summed E-state index contributed by atoms with van der Waals surface area (Å²) in [6.07, 6.45) is 1.44. The van der Waals surface area contributed by atoms with E-state index in [1.54, 1.807) is 13.8 Å². The van der Waals surface area contributed by atoms with Crippen LogP contribution in [0.3, 0.4) is 0 Å². The van der Waals surface area contributed by atoms with Gasteiger partial charge in [-0.1, -0.05) is 20.8 Å². The van der Waals surface area contributed by atoms with E-state index in [1.165, 1.54) is 6.08 Å². The lowest BCUT2D eigenvalue weighted by molar-refractivity contribution is -0.116. The Morgan fingerprint density at radius 2 is 1.57 bits per heavy atom. The van der Waals surface area contributed by atoms with Crippen LogP contribution in [0.25, 0.3) is 0 Å². The Hall–Kier alpha value is -1.18. The van der Waals surface area contributed by atoms with Crippen molar-refractivity contribution in [2.75, 3.05) is 0 Å². The number of carbonyl (C=O) groups is 2. The summed E-state index contributed by atoms with van der Waals surface area (Å²) in [4.78, 5) is 23.4. The second-order valence-electron chi connectivity index (χ2n) is 4.77. The molecule has 0 amide bonds. The first-order chi connectivity index (χ1) is 6.25. The van der Waals surface area contributed by atoms with Gasteiger partial charge >= 0.3 is 0 Å². The van der Waals surface area contributed by atoms with Crippen LogP contribution in [0.5, 0.6) is 0 Å². The molecule has 0 aromatic heterocycles. The third-order valence-corrected chi connectivity index (χ3v) is 2.42. The quantitative estimate of drug-likeness (QED) is 0.552. The number of carbonyl (C=O) groups excluding carboxylic acids is 2. The average molecular weight is 192 g/mol. The van der Waals surface area contributed by atoms with Crippen molar-refractivity contribution in [2.45, 2.75) is 34.6 Å². The molecule has 0 spiro atoms. The Kier molecular flexibility index (Phi) is 2.49. The highest BCUT2D eigenvalue weighted by molar-refractivity contribution is 6.22. The predicted molar refractivity (Wildman–Crippen MR) is 55.9 cm³/mol. The molecule has 0 heterocycles. The summed E-state index contributed by atoms with van der Waals surface area (Å²) in [6, 6.07) is 0. The molecule has 0 saturated heterocycles. The van der Waals surface area contributed by atoms with Crippen molar-refractivity contribution in [2.24, 2.45) is 5.41 Å². The molecule has 76 valence electrons. The van der Waals surface area contributed by atoms with Gasteiger partial charge in [0.1, 0.15) is 0 Å². The average Bonchev–Trinajstić information content (AvgIpc) is 1.97. The molecule has 0 fully saturated rings. The van der Waals surface area contributed by atoms with Crippen LogP contribution < -0.4 is 0 Å². The lowest BCUT2D eigenvalue weighted by atomic mass is 9.76. The summed E-state index contributed by atoms with van der Waals surface area (Å²) in [5.41, 5.74) is 1.53. The third-order valence-electron chi connectivity index (χ3n) is 2.42. The van der Waals surface area contributed by atoms with Crippen LogP contribution in [-0.2, 0) is 9.59 Å². The van der Waals surface area contributed by atoms with Crippen molar-refractivity contribution in [1.29, 1.82) is 0 Å². The standard InChI is InChI=1S/C12H16O2/c1-7-6-9(13)10(12(3,4)5)8(2)11(7)14/h6H,1-5H3. The SMILES string of the molecule is CC1=CC(=O)C(C(C)(C)C)=C(C)C1=O. The van der Waals surface area contributed by atoms with Crippen LogP contribution in [-0.4, -0.2) is 11.6 Å². The van der Waals surface area contributed by atoms with E-state index < -0.39 is 0 Å². The van der Waals surface area contributed by atoms with Crippen molar-refractivity contribution >= 4 is 11.6 Å². The molecule has 2 nitrogen and oxygen atoms in total. The van der Waals surface area contributed by atoms with Crippen LogP contribution in [0.1, 0.15) is 34.6 Å². The number of rotatable bonds is 0. The summed E-state index contributed by atoms with van der Waals surface area (Å²) in [7, 11) is 0. The highest BCUT2D eigenvalue weighted by Gasteiger charge is 2.30. The Morgan fingerprint density at radius 3 is 2.00 bits per heavy atom. The van der Waals surface area contributed by atoms with Crippen molar-refractivity contribution in [3.63, 3.8) is 0 Å². The molecule has 0 saturated carbocycles. The fourth-order valence-electron chi connectivity index (χ4n) is 1.86. The fourth-order valence-corrected chi connectivity index (χ4v) is 1.86. The molecule has 1 rings (SSSR count). The van der Waals surface area contributed by atoms with Gasteiger partial charge in [-0.05, 0) is 25.3 Å². The molecule has 0 radical (unpaired) electrons. The molecule has 0 aliphatic heterocycles. The second-order valence-corrected chi connectivity index (χ2v) is 4.77. The van der Waals surface area contributed by atoms with E-state index in [1.807, 2.05) is 20.8 Å². The predicted octanol–water partition coefficient (Wildman–Crippen LogP) is 2.45. The van der Waals surface area contributed by atoms with Gasteiger partial charge in [0.15, 0.2) is 11.6 Å². The highest BCUT2D eigenvalue weighted by atomic mass is 16.1. The Morgan fingerprint density at radius 1 is 1.07 bits per heavy atom. The van der Waals surface area contributed by atoms with Crippen molar-refractivity contribution in [3.05, 3.63) is 22.8 Å². The topological polar surface area (TPSA) is 34.1 Å². The van der Waals surface area contributed by atoms with Gasteiger partial charge in [0.25, 0.3) is 0 Å². The molecule has 0 unspecified atom stereocenters. The van der Waals surface area contributed by atoms with E-state index in [0.717, 1.165) is 0 Å². The van der Waals surface area contributed by atoms with Crippen LogP contribution in [0.15, 0.2) is 22.8 Å². The number of ketones is 2. The van der Waals surface area contributed by atoms with Gasteiger partial charge in [-0.3, -0.25) is 9.59 Å². The first-order valence-corrected chi connectivity index (χ1v) is 4.74. The minimum atomic E-state index is -0.256. The number of allylic oxidation sites excluding steroid dienone is 4. The van der Waals surface area contributed by atoms with E-state index in [9.17, 15) is 9.59 Å². The van der Waals surface area contributed by atoms with Crippen molar-refractivity contribution < 1.29 is 9.59 Å². The summed E-state index contributed by atoms with van der Waals surface area (Å²) in [5.74, 6) is -0.0263. The summed E-state index contributed by atoms with van der Waals surface area (Å²) in [6.45, 7) is 9.27. The van der Waals surface area contributed by atoms with Crippen LogP contribution >= 0.6 is 0 Å². The maximum absolute atomic E-state index is 11.7. The zero-order chi connectivity index (χ0) is 11.1. The van der Waals surface area contributed by atoms with Crippen molar-refractivity contribution in [3.8, 4) is 0 Å². The molecule has 0 bridgehead atoms. The zero-order valence-corrected chi connectivity index (χ0v) is 9.39. The number of Topliss-reactive ketones (excluding diaryl/α,β-unsaturated/α-hetero) is 1. The Bertz CT molecular complexity index is 362. The summed E-state index contributed by atoms with van der Waals surface area (Å²) < 4.78 is 0. The second kappa shape index (κ2) is 3.19. The number of hydrogen-bond donors (Lipinski definition) is 0. The minimum Gasteiger partial charge on any atom is -0.290 e. The molecule has 0 N–H and O–H groups in total. The van der Waals surface area contributed by atoms with Crippen LogP contribution in [0.4, 0.5) is 0 Å². The first-order valence-electron chi connectivity index (χ1n) is 4.74. The Balaban J connectivity index is 3.31. The van der Waals surface area contributed by atoms with Gasteiger partial charge in [-0.15, -0.1) is 0 Å². The molecule has 14 heavy (non-hydrogen) atoms. The van der Waals surface area contributed by atoms with E-state index in [0.29, 0.717) is 16.7 Å². The molecule has 0 aromatic carbocycles. The minimum absolute atomic E-state index is 0.00507. The highest BCUT2D eigenvalue weighted by Crippen LogP contribution is 2.32. The largest absolute Gasteiger partial charge is 0.290 e. The maximum Gasteiger partial charge on any atom is 0.184 e. The molecule has 2 heteroatoms. The maximum atomic E-state index is 11.7. The monoisotopic (exact) mass is 192 g/mol. The van der Waals surface area contributed by atoms with Gasteiger partial charge in [-0.25, -0.2) is 0 Å². The lowest BCUT2D eigenvalue weighted by Crippen LogP contribution is -2.25. The van der Waals surface area contributed by atoms with Gasteiger partial charge < -0.3 is 0 Å². The van der Waals surface area contributed by atoms with Gasteiger partial charge in [0.05, 0.1) is 0 Å². The Labute approximate surface area is 84.7 Å².